The van der Waals surface area contributed by atoms with Crippen LogP contribution in [0.1, 0.15) is 5.56 Å². The summed E-state index contributed by atoms with van der Waals surface area (Å²) >= 11 is 5.99. The van der Waals surface area contributed by atoms with Crippen molar-refractivity contribution in [1.82, 2.24) is 10.6 Å². The van der Waals surface area contributed by atoms with Gasteiger partial charge in [-0.2, -0.15) is 0 Å². The molecule has 5 heteroatoms. The Morgan fingerprint density at radius 1 is 1.19 bits per heavy atom. The van der Waals surface area contributed by atoms with E-state index in [2.05, 4.69) is 15.6 Å². The van der Waals surface area contributed by atoms with Gasteiger partial charge in [-0.05, 0) is 29.8 Å². The molecule has 1 aliphatic rings. The van der Waals surface area contributed by atoms with Crippen molar-refractivity contribution < 1.29 is 4.74 Å². The molecule has 0 saturated heterocycles. The lowest BCUT2D eigenvalue weighted by molar-refractivity contribution is 0.322. The Balaban J connectivity index is 1.52. The summed E-state index contributed by atoms with van der Waals surface area (Å²) in [5.74, 6) is 1.62. The molecule has 0 unspecified atom stereocenters. The van der Waals surface area contributed by atoms with Gasteiger partial charge in [-0.25, -0.2) is 4.99 Å². The molecular weight excluding hydrogens is 286 g/mol. The number of para-hydroxylation sites is 1. The number of halogens is 1. The van der Waals surface area contributed by atoms with Crippen LogP contribution in [-0.4, -0.2) is 19.1 Å². The third kappa shape index (κ3) is 3.67. The van der Waals surface area contributed by atoms with Gasteiger partial charge in [0, 0.05) is 11.6 Å². The molecule has 0 aromatic heterocycles. The number of aliphatic imine (C=N–C) groups is 1. The molecule has 0 saturated carbocycles. The zero-order valence-electron chi connectivity index (χ0n) is 11.5. The van der Waals surface area contributed by atoms with Crippen LogP contribution in [0.25, 0.3) is 0 Å². The highest BCUT2D eigenvalue weighted by Gasteiger charge is 2.10. The van der Waals surface area contributed by atoms with Gasteiger partial charge < -0.3 is 15.4 Å². The van der Waals surface area contributed by atoms with E-state index >= 15 is 0 Å². The largest absolute Gasteiger partial charge is 0.492 e. The lowest BCUT2D eigenvalue weighted by Crippen LogP contribution is -2.40. The van der Waals surface area contributed by atoms with Crippen LogP contribution < -0.4 is 15.4 Å². The SMILES string of the molecule is Clc1ccc2c(c1)N=C(NCCOc1ccccc1)NC2. The second-order valence-corrected chi connectivity index (χ2v) is 5.11. The van der Waals surface area contributed by atoms with Crippen LogP contribution in [0, 0.1) is 0 Å². The smallest absolute Gasteiger partial charge is 0.196 e. The molecule has 0 fully saturated rings. The summed E-state index contributed by atoms with van der Waals surface area (Å²) in [6.07, 6.45) is 0. The van der Waals surface area contributed by atoms with Crippen LogP contribution in [0.3, 0.4) is 0 Å². The fraction of sp³-hybridized carbons (Fsp3) is 0.188. The Morgan fingerprint density at radius 2 is 2.05 bits per heavy atom. The van der Waals surface area contributed by atoms with E-state index in [-0.39, 0.29) is 0 Å². The fourth-order valence-electron chi connectivity index (χ4n) is 2.09. The molecule has 0 aliphatic carbocycles. The first-order valence-electron chi connectivity index (χ1n) is 6.84. The van der Waals surface area contributed by atoms with Crippen molar-refractivity contribution in [1.29, 1.82) is 0 Å². The Labute approximate surface area is 128 Å². The van der Waals surface area contributed by atoms with E-state index in [0.29, 0.717) is 18.2 Å². The van der Waals surface area contributed by atoms with E-state index in [4.69, 9.17) is 16.3 Å². The van der Waals surface area contributed by atoms with Gasteiger partial charge in [-0.15, -0.1) is 0 Å². The van der Waals surface area contributed by atoms with Gasteiger partial charge >= 0.3 is 0 Å². The van der Waals surface area contributed by atoms with Gasteiger partial charge in [0.2, 0.25) is 0 Å². The quantitative estimate of drug-likeness (QED) is 0.853. The molecule has 21 heavy (non-hydrogen) atoms. The molecule has 2 aromatic rings. The van der Waals surface area contributed by atoms with E-state index in [1.807, 2.05) is 48.5 Å². The Kier molecular flexibility index (Phi) is 4.26. The lowest BCUT2D eigenvalue weighted by atomic mass is 10.1. The predicted molar refractivity (Wildman–Crippen MR) is 85.3 cm³/mol. The van der Waals surface area contributed by atoms with E-state index < -0.39 is 0 Å². The highest BCUT2D eigenvalue weighted by Crippen LogP contribution is 2.25. The zero-order valence-corrected chi connectivity index (χ0v) is 12.2. The molecule has 0 atom stereocenters. The molecular formula is C16H16ClN3O. The minimum absolute atomic E-state index is 0.577. The highest BCUT2D eigenvalue weighted by atomic mass is 35.5. The lowest BCUT2D eigenvalue weighted by Gasteiger charge is -2.19. The second kappa shape index (κ2) is 6.50. The van der Waals surface area contributed by atoms with Crippen LogP contribution in [0.2, 0.25) is 5.02 Å². The molecule has 0 spiro atoms. The Hall–Kier alpha value is -2.20. The van der Waals surface area contributed by atoms with Crippen LogP contribution in [-0.2, 0) is 6.54 Å². The first kappa shape index (κ1) is 13.8. The Bertz CT molecular complexity index is 643. The highest BCUT2D eigenvalue weighted by molar-refractivity contribution is 6.30. The summed E-state index contributed by atoms with van der Waals surface area (Å²) in [5.41, 5.74) is 2.05. The number of hydrogen-bond acceptors (Lipinski definition) is 4. The summed E-state index contributed by atoms with van der Waals surface area (Å²) in [4.78, 5) is 4.51. The minimum atomic E-state index is 0.577. The van der Waals surface area contributed by atoms with E-state index in [9.17, 15) is 0 Å². The van der Waals surface area contributed by atoms with Gasteiger partial charge in [-0.3, -0.25) is 0 Å². The zero-order chi connectivity index (χ0) is 14.5. The van der Waals surface area contributed by atoms with Crippen LogP contribution in [0.15, 0.2) is 53.5 Å². The third-order valence-electron chi connectivity index (χ3n) is 3.13. The monoisotopic (exact) mass is 301 g/mol. The summed E-state index contributed by atoms with van der Waals surface area (Å²) in [5, 5.41) is 7.16. The van der Waals surface area contributed by atoms with Crippen molar-refractivity contribution >= 4 is 23.2 Å². The number of fused-ring (bicyclic) bond motifs is 1. The van der Waals surface area contributed by atoms with E-state index in [0.717, 1.165) is 29.5 Å². The topological polar surface area (TPSA) is 45.7 Å². The van der Waals surface area contributed by atoms with Crippen LogP contribution in [0.4, 0.5) is 5.69 Å². The van der Waals surface area contributed by atoms with Crippen molar-refractivity contribution in [3.63, 3.8) is 0 Å². The molecule has 0 amide bonds. The van der Waals surface area contributed by atoms with Crippen molar-refractivity contribution in [3.8, 4) is 5.75 Å². The number of nitrogens with zero attached hydrogens (tertiary/aromatic N) is 1. The number of hydrogen-bond donors (Lipinski definition) is 2. The molecule has 3 rings (SSSR count). The summed E-state index contributed by atoms with van der Waals surface area (Å²) < 4.78 is 5.62. The number of ether oxygens (including phenoxy) is 1. The molecule has 0 bridgehead atoms. The number of rotatable bonds is 4. The molecule has 108 valence electrons. The van der Waals surface area contributed by atoms with Crippen molar-refractivity contribution in [2.45, 2.75) is 6.54 Å². The summed E-state index contributed by atoms with van der Waals surface area (Å²) in [6, 6.07) is 15.5. The first-order chi connectivity index (χ1) is 10.3. The first-order valence-corrected chi connectivity index (χ1v) is 7.22. The third-order valence-corrected chi connectivity index (χ3v) is 3.37. The van der Waals surface area contributed by atoms with Gasteiger partial charge in [0.05, 0.1) is 12.2 Å². The standard InChI is InChI=1S/C16H16ClN3O/c17-13-7-6-12-11-19-16(20-15(12)10-13)18-8-9-21-14-4-2-1-3-5-14/h1-7,10H,8-9,11H2,(H2,18,19,20). The van der Waals surface area contributed by atoms with Crippen LogP contribution in [0.5, 0.6) is 5.75 Å². The second-order valence-electron chi connectivity index (χ2n) is 4.68. The fourth-order valence-corrected chi connectivity index (χ4v) is 2.25. The maximum atomic E-state index is 5.99. The maximum Gasteiger partial charge on any atom is 0.196 e. The molecule has 1 aliphatic heterocycles. The molecule has 0 radical (unpaired) electrons. The average Bonchev–Trinajstić information content (AvgIpc) is 2.52. The van der Waals surface area contributed by atoms with E-state index in [1.165, 1.54) is 0 Å². The number of guanidine groups is 1. The van der Waals surface area contributed by atoms with Gasteiger partial charge in [0.1, 0.15) is 12.4 Å². The minimum Gasteiger partial charge on any atom is -0.492 e. The maximum absolute atomic E-state index is 5.99. The molecule has 4 nitrogen and oxygen atoms in total. The van der Waals surface area contributed by atoms with E-state index in [1.54, 1.807) is 0 Å². The number of nitrogens with one attached hydrogen (secondary N) is 2. The predicted octanol–water partition coefficient (Wildman–Crippen LogP) is 3.10. The molecule has 1 heterocycles. The normalized spacial score (nSPS) is 12.9. The van der Waals surface area contributed by atoms with Crippen LogP contribution >= 0.6 is 11.6 Å². The summed E-state index contributed by atoms with van der Waals surface area (Å²) in [7, 11) is 0. The molecule has 2 aromatic carbocycles. The number of benzene rings is 2. The van der Waals surface area contributed by atoms with Crippen molar-refractivity contribution in [2.75, 3.05) is 13.2 Å². The van der Waals surface area contributed by atoms with Crippen molar-refractivity contribution in [2.24, 2.45) is 4.99 Å². The van der Waals surface area contributed by atoms with Crippen molar-refractivity contribution in [3.05, 3.63) is 59.1 Å². The Morgan fingerprint density at radius 3 is 2.90 bits per heavy atom. The van der Waals surface area contributed by atoms with Gasteiger partial charge in [0.25, 0.3) is 0 Å². The molecule has 2 N–H and O–H groups in total. The average molecular weight is 302 g/mol. The summed E-state index contributed by atoms with van der Waals surface area (Å²) in [6.45, 7) is 2.00. The van der Waals surface area contributed by atoms with Gasteiger partial charge in [-0.1, -0.05) is 35.9 Å². The van der Waals surface area contributed by atoms with Gasteiger partial charge in [0.15, 0.2) is 5.96 Å².